The highest BCUT2D eigenvalue weighted by Crippen LogP contribution is 2.21. The maximum atomic E-state index is 12.0. The van der Waals surface area contributed by atoms with E-state index < -0.39 is 0 Å². The molecule has 0 bridgehead atoms. The Bertz CT molecular complexity index is 601. The van der Waals surface area contributed by atoms with Crippen molar-refractivity contribution in [2.24, 2.45) is 0 Å². The van der Waals surface area contributed by atoms with E-state index in [1.807, 2.05) is 20.8 Å². The third-order valence-corrected chi connectivity index (χ3v) is 2.85. The molecule has 2 rings (SSSR count). The molecule has 0 saturated carbocycles. The summed E-state index contributed by atoms with van der Waals surface area (Å²) in [6.07, 6.45) is 0. The van der Waals surface area contributed by atoms with Gasteiger partial charge >= 0.3 is 0 Å². The van der Waals surface area contributed by atoms with E-state index in [0.29, 0.717) is 16.5 Å². The van der Waals surface area contributed by atoms with E-state index in [1.165, 1.54) is 0 Å². The SMILES string of the molecule is CC(C)(C)c1nc(C(=O)Nc2ccccc2Cl)n[nH]1. The number of benzene rings is 1. The van der Waals surface area contributed by atoms with E-state index in [-0.39, 0.29) is 17.1 Å². The summed E-state index contributed by atoms with van der Waals surface area (Å²) in [7, 11) is 0. The van der Waals surface area contributed by atoms with Crippen LogP contribution in [-0.2, 0) is 5.41 Å². The first-order valence-electron chi connectivity index (χ1n) is 5.86. The van der Waals surface area contributed by atoms with Gasteiger partial charge in [-0.2, -0.15) is 0 Å². The molecule has 0 spiro atoms. The summed E-state index contributed by atoms with van der Waals surface area (Å²) in [5.74, 6) is 0.376. The first-order valence-corrected chi connectivity index (χ1v) is 6.24. The summed E-state index contributed by atoms with van der Waals surface area (Å²) in [5.41, 5.74) is 0.354. The molecule has 1 amide bonds. The number of rotatable bonds is 2. The van der Waals surface area contributed by atoms with E-state index in [0.717, 1.165) is 0 Å². The van der Waals surface area contributed by atoms with E-state index in [1.54, 1.807) is 24.3 Å². The number of carbonyl (C=O) groups is 1. The number of carbonyl (C=O) groups excluding carboxylic acids is 1. The van der Waals surface area contributed by atoms with Crippen LogP contribution in [0.4, 0.5) is 5.69 Å². The highest BCUT2D eigenvalue weighted by atomic mass is 35.5. The van der Waals surface area contributed by atoms with Crippen LogP contribution in [0.3, 0.4) is 0 Å². The molecule has 0 aliphatic carbocycles. The Morgan fingerprint density at radius 1 is 1.32 bits per heavy atom. The van der Waals surface area contributed by atoms with Crippen LogP contribution >= 0.6 is 11.6 Å². The quantitative estimate of drug-likeness (QED) is 0.887. The molecule has 5 nitrogen and oxygen atoms in total. The van der Waals surface area contributed by atoms with E-state index in [4.69, 9.17) is 11.6 Å². The molecule has 0 aliphatic rings. The van der Waals surface area contributed by atoms with Gasteiger partial charge in [-0.25, -0.2) is 4.98 Å². The van der Waals surface area contributed by atoms with Crippen LogP contribution in [0.25, 0.3) is 0 Å². The molecule has 2 aromatic rings. The zero-order chi connectivity index (χ0) is 14.0. The molecule has 0 unspecified atom stereocenters. The van der Waals surface area contributed by atoms with E-state index in [9.17, 15) is 4.79 Å². The Balaban J connectivity index is 2.17. The maximum Gasteiger partial charge on any atom is 0.295 e. The van der Waals surface area contributed by atoms with Gasteiger partial charge < -0.3 is 5.32 Å². The molecule has 0 radical (unpaired) electrons. The van der Waals surface area contributed by atoms with Crippen molar-refractivity contribution in [1.82, 2.24) is 15.2 Å². The zero-order valence-corrected chi connectivity index (χ0v) is 11.7. The minimum Gasteiger partial charge on any atom is -0.318 e. The van der Waals surface area contributed by atoms with Crippen molar-refractivity contribution in [3.8, 4) is 0 Å². The molecular weight excluding hydrogens is 264 g/mol. The molecule has 0 fully saturated rings. The largest absolute Gasteiger partial charge is 0.318 e. The second kappa shape index (κ2) is 5.01. The second-order valence-electron chi connectivity index (χ2n) is 5.19. The lowest BCUT2D eigenvalue weighted by Gasteiger charge is -2.12. The summed E-state index contributed by atoms with van der Waals surface area (Å²) < 4.78 is 0. The lowest BCUT2D eigenvalue weighted by atomic mass is 9.96. The molecule has 100 valence electrons. The van der Waals surface area contributed by atoms with Gasteiger partial charge in [0, 0.05) is 5.41 Å². The standard InChI is InChI=1S/C13H15ClN4O/c1-13(2,3)12-16-10(17-18-12)11(19)15-9-7-5-4-6-8(9)14/h4-7H,1-3H3,(H,15,19)(H,16,17,18). The maximum absolute atomic E-state index is 12.0. The van der Waals surface area contributed by atoms with Crippen LogP contribution < -0.4 is 5.32 Å². The molecule has 2 N–H and O–H groups in total. The van der Waals surface area contributed by atoms with Crippen LogP contribution in [0, 0.1) is 0 Å². The lowest BCUT2D eigenvalue weighted by Crippen LogP contribution is -2.16. The summed E-state index contributed by atoms with van der Waals surface area (Å²) in [6, 6.07) is 7.01. The van der Waals surface area contributed by atoms with Gasteiger partial charge in [-0.05, 0) is 12.1 Å². The monoisotopic (exact) mass is 278 g/mol. The van der Waals surface area contributed by atoms with Gasteiger partial charge in [-0.1, -0.05) is 44.5 Å². The summed E-state index contributed by atoms with van der Waals surface area (Å²) >= 11 is 5.97. The van der Waals surface area contributed by atoms with Crippen molar-refractivity contribution in [3.63, 3.8) is 0 Å². The van der Waals surface area contributed by atoms with E-state index in [2.05, 4.69) is 20.5 Å². The number of hydrogen-bond acceptors (Lipinski definition) is 3. The van der Waals surface area contributed by atoms with Crippen LogP contribution in [0.5, 0.6) is 0 Å². The molecule has 6 heteroatoms. The fourth-order valence-electron chi connectivity index (χ4n) is 1.44. The van der Waals surface area contributed by atoms with Gasteiger partial charge in [0.25, 0.3) is 5.91 Å². The fourth-order valence-corrected chi connectivity index (χ4v) is 1.62. The third-order valence-electron chi connectivity index (χ3n) is 2.52. The number of anilines is 1. The van der Waals surface area contributed by atoms with Crippen LogP contribution in [0.1, 0.15) is 37.2 Å². The van der Waals surface area contributed by atoms with Crippen molar-refractivity contribution in [3.05, 3.63) is 40.9 Å². The minimum atomic E-state index is -0.389. The van der Waals surface area contributed by atoms with Gasteiger partial charge in [0.2, 0.25) is 5.82 Å². The highest BCUT2D eigenvalue weighted by molar-refractivity contribution is 6.33. The topological polar surface area (TPSA) is 70.7 Å². The molecular formula is C13H15ClN4O. The molecule has 1 heterocycles. The average Bonchev–Trinajstić information content (AvgIpc) is 2.81. The molecule has 1 aromatic carbocycles. The van der Waals surface area contributed by atoms with Crippen molar-refractivity contribution in [2.75, 3.05) is 5.32 Å². The van der Waals surface area contributed by atoms with Gasteiger partial charge in [-0.3, -0.25) is 9.89 Å². The minimum absolute atomic E-state index is 0.102. The Morgan fingerprint density at radius 2 is 2.00 bits per heavy atom. The predicted octanol–water partition coefficient (Wildman–Crippen LogP) is 3.01. The molecule has 1 aromatic heterocycles. The number of H-pyrrole nitrogens is 1. The zero-order valence-electron chi connectivity index (χ0n) is 11.0. The van der Waals surface area contributed by atoms with Crippen LogP contribution in [0.2, 0.25) is 5.02 Å². The number of aromatic amines is 1. The fraction of sp³-hybridized carbons (Fsp3) is 0.308. The number of nitrogens with zero attached hydrogens (tertiary/aromatic N) is 2. The van der Waals surface area contributed by atoms with Gasteiger partial charge in [-0.15, -0.1) is 5.10 Å². The smallest absolute Gasteiger partial charge is 0.295 e. The molecule has 0 aliphatic heterocycles. The van der Waals surface area contributed by atoms with Gasteiger partial charge in [0.1, 0.15) is 5.82 Å². The highest BCUT2D eigenvalue weighted by Gasteiger charge is 2.21. The van der Waals surface area contributed by atoms with Gasteiger partial charge in [0.05, 0.1) is 10.7 Å². The number of aromatic nitrogens is 3. The van der Waals surface area contributed by atoms with Crippen LogP contribution in [0.15, 0.2) is 24.3 Å². The Labute approximate surface area is 116 Å². The number of nitrogens with one attached hydrogen (secondary N) is 2. The number of amides is 1. The van der Waals surface area contributed by atoms with E-state index >= 15 is 0 Å². The van der Waals surface area contributed by atoms with Gasteiger partial charge in [0.15, 0.2) is 0 Å². The lowest BCUT2D eigenvalue weighted by molar-refractivity contribution is 0.101. The Kier molecular flexibility index (Phi) is 3.57. The van der Waals surface area contributed by atoms with Crippen LogP contribution in [-0.4, -0.2) is 21.1 Å². The molecule has 19 heavy (non-hydrogen) atoms. The van der Waals surface area contributed by atoms with Crippen molar-refractivity contribution < 1.29 is 4.79 Å². The summed E-state index contributed by atoms with van der Waals surface area (Å²) in [5, 5.41) is 9.84. The van der Waals surface area contributed by atoms with Crippen molar-refractivity contribution >= 4 is 23.2 Å². The number of para-hydroxylation sites is 1. The average molecular weight is 279 g/mol. The Hall–Kier alpha value is -1.88. The Morgan fingerprint density at radius 3 is 2.58 bits per heavy atom. The number of hydrogen-bond donors (Lipinski definition) is 2. The van der Waals surface area contributed by atoms with Crippen molar-refractivity contribution in [1.29, 1.82) is 0 Å². The molecule has 0 saturated heterocycles. The van der Waals surface area contributed by atoms with Crippen molar-refractivity contribution in [2.45, 2.75) is 26.2 Å². The summed E-state index contributed by atoms with van der Waals surface area (Å²) in [6.45, 7) is 5.97. The summed E-state index contributed by atoms with van der Waals surface area (Å²) in [4.78, 5) is 16.2. The number of halogens is 1. The first kappa shape index (κ1) is 13.5. The second-order valence-corrected chi connectivity index (χ2v) is 5.60. The third kappa shape index (κ3) is 3.12. The molecule has 0 atom stereocenters. The first-order chi connectivity index (χ1) is 8.88. The predicted molar refractivity (Wildman–Crippen MR) is 74.5 cm³/mol. The normalized spacial score (nSPS) is 11.4.